The summed E-state index contributed by atoms with van der Waals surface area (Å²) in [6, 6.07) is 16.8. The van der Waals surface area contributed by atoms with Gasteiger partial charge in [-0.2, -0.15) is 0 Å². The number of fused-ring (bicyclic) bond motifs is 2. The molecule has 15 nitrogen and oxygen atoms in total. The molecule has 4 N–H and O–H groups in total. The van der Waals surface area contributed by atoms with Crippen molar-refractivity contribution in [3.05, 3.63) is 93.9 Å². The van der Waals surface area contributed by atoms with Crippen LogP contribution < -0.4 is 16.2 Å². The molecule has 2 aliphatic heterocycles. The summed E-state index contributed by atoms with van der Waals surface area (Å²) in [5.41, 5.74) is 9.59. The summed E-state index contributed by atoms with van der Waals surface area (Å²) < 4.78 is 9.63. The molecular weight excluding hydrogens is 873 g/mol. The largest absolute Gasteiger partial charge is 0.453 e. The highest BCUT2D eigenvalue weighted by molar-refractivity contribution is 5.89. The van der Waals surface area contributed by atoms with E-state index in [1.807, 2.05) is 50.9 Å². The van der Waals surface area contributed by atoms with Crippen LogP contribution in [0.25, 0.3) is 44.4 Å². The third-order valence-electron chi connectivity index (χ3n) is 15.3. The fraction of sp³-hybridized carbons (Fsp3) is 0.500. The predicted molar refractivity (Wildman–Crippen MR) is 264 cm³/mol. The van der Waals surface area contributed by atoms with Gasteiger partial charge in [-0.25, -0.2) is 19.6 Å². The maximum Gasteiger partial charge on any atom is 0.407 e. The van der Waals surface area contributed by atoms with Gasteiger partial charge in [0.05, 0.1) is 49.1 Å². The van der Waals surface area contributed by atoms with Crippen LogP contribution >= 0.6 is 0 Å². The molecule has 0 bridgehead atoms. The number of methoxy groups -OCH3 is 2. The highest BCUT2D eigenvalue weighted by Crippen LogP contribution is 2.53. The lowest BCUT2D eigenvalue weighted by Gasteiger charge is -2.30. The van der Waals surface area contributed by atoms with E-state index in [2.05, 4.69) is 76.9 Å². The van der Waals surface area contributed by atoms with Crippen molar-refractivity contribution in [2.75, 3.05) is 27.3 Å². The summed E-state index contributed by atoms with van der Waals surface area (Å²) in [5, 5.41) is 5.93. The summed E-state index contributed by atoms with van der Waals surface area (Å²) in [5.74, 6) is 0.931. The van der Waals surface area contributed by atoms with Crippen molar-refractivity contribution in [3.63, 3.8) is 0 Å². The number of H-pyrrole nitrogens is 2. The van der Waals surface area contributed by atoms with Gasteiger partial charge in [-0.05, 0) is 119 Å². The average molecular weight is 939 g/mol. The maximum atomic E-state index is 14.0. The number of ether oxygens (including phenoxy) is 2. The Kier molecular flexibility index (Phi) is 13.2. The minimum atomic E-state index is -0.783. The number of carbonyl (C=O) groups excluding carboxylic acids is 4. The quantitative estimate of drug-likeness (QED) is 0.100. The molecule has 4 heterocycles. The first-order valence-corrected chi connectivity index (χ1v) is 24.7. The summed E-state index contributed by atoms with van der Waals surface area (Å²) >= 11 is 0. The number of nitrogens with zero attached hydrogens (tertiary/aromatic N) is 4. The number of likely N-dealkylation sites (tertiary alicyclic amines) is 2. The number of amides is 4. The Morgan fingerprint density at radius 3 is 1.74 bits per heavy atom. The fourth-order valence-electron chi connectivity index (χ4n) is 11.7. The first kappa shape index (κ1) is 47.6. The second-order valence-corrected chi connectivity index (χ2v) is 21.0. The number of imidazole rings is 1. The molecule has 3 aromatic carbocycles. The normalized spacial score (nSPS) is 21.5. The maximum absolute atomic E-state index is 14.0. The lowest BCUT2D eigenvalue weighted by molar-refractivity contribution is -0.136. The zero-order valence-electron chi connectivity index (χ0n) is 41.1. The van der Waals surface area contributed by atoms with E-state index in [0.717, 1.165) is 53.0 Å². The molecule has 1 spiro atoms. The van der Waals surface area contributed by atoms with Crippen LogP contribution in [0.1, 0.15) is 115 Å². The van der Waals surface area contributed by atoms with E-state index >= 15 is 0 Å². The number of alkyl carbamates (subject to hydrolysis) is 2. The number of carbonyl (C=O) groups is 4. The molecule has 2 aliphatic carbocycles. The van der Waals surface area contributed by atoms with E-state index in [1.54, 1.807) is 4.90 Å². The molecule has 0 radical (unpaired) electrons. The number of hydrogen-bond acceptors (Lipinski definition) is 9. The van der Waals surface area contributed by atoms with E-state index in [0.29, 0.717) is 36.2 Å². The average Bonchev–Trinajstić information content (AvgIpc) is 4.20. The Morgan fingerprint density at radius 1 is 0.696 bits per heavy atom. The molecule has 2 aromatic heterocycles. The third kappa shape index (κ3) is 9.24. The van der Waals surface area contributed by atoms with Crippen LogP contribution in [0.5, 0.6) is 0 Å². The Morgan fingerprint density at radius 2 is 1.20 bits per heavy atom. The van der Waals surface area contributed by atoms with E-state index in [-0.39, 0.29) is 52.5 Å². The molecule has 69 heavy (non-hydrogen) atoms. The van der Waals surface area contributed by atoms with Crippen LogP contribution in [0, 0.1) is 29.1 Å². The van der Waals surface area contributed by atoms with Crippen molar-refractivity contribution in [1.82, 2.24) is 40.4 Å². The summed E-state index contributed by atoms with van der Waals surface area (Å²) in [7, 11) is 2.57. The van der Waals surface area contributed by atoms with Gasteiger partial charge in [-0.15, -0.1) is 0 Å². The second-order valence-electron chi connectivity index (χ2n) is 21.0. The summed E-state index contributed by atoms with van der Waals surface area (Å²) in [6.45, 7) is 12.8. The number of aromatic nitrogens is 4. The van der Waals surface area contributed by atoms with Gasteiger partial charge in [-0.1, -0.05) is 96.8 Å². The van der Waals surface area contributed by atoms with Gasteiger partial charge < -0.3 is 39.9 Å². The van der Waals surface area contributed by atoms with Gasteiger partial charge in [0.1, 0.15) is 23.7 Å². The molecule has 9 rings (SSSR count). The zero-order chi connectivity index (χ0) is 48.9. The van der Waals surface area contributed by atoms with Gasteiger partial charge in [-0.3, -0.25) is 14.4 Å². The summed E-state index contributed by atoms with van der Waals surface area (Å²) in [4.78, 5) is 86.1. The standard InChI is InChI=1S/C54H66N8O7/c1-29(2)45(58-52(66)68-7)50(64)61-27-31(5)21-43(61)47-55-26-42(57-47)34-13-11-33(12-14-34)36-16-17-37(40-25-54(24-39(36)40)19-9-10-20-54)35-15-18-41-38(23-35)49(63)60-48(56-41)44-22-32(6)28-62(44)51(65)46(30(3)4)59-53(67)69-8/h11-18,23,26,29-32,43-46H,9-10,19-22,24-25,27-28H2,1-8H3,(H,55,57)(H,58,66)(H,59,67)(H,56,60,63)/t31-,32-,43-,44-,45-,46-/m0/s1. The zero-order valence-corrected chi connectivity index (χ0v) is 41.1. The highest BCUT2D eigenvalue weighted by atomic mass is 16.5. The fourth-order valence-corrected chi connectivity index (χ4v) is 11.7. The van der Waals surface area contributed by atoms with Crippen molar-refractivity contribution in [2.45, 2.75) is 117 Å². The Hall–Kier alpha value is -6.51. The molecule has 6 atom stereocenters. The molecule has 0 unspecified atom stereocenters. The summed E-state index contributed by atoms with van der Waals surface area (Å²) in [6.07, 6.45) is 8.81. The van der Waals surface area contributed by atoms with Crippen molar-refractivity contribution in [2.24, 2.45) is 29.1 Å². The molecular formula is C54H66N8O7. The topological polar surface area (TPSA) is 192 Å². The molecule has 3 fully saturated rings. The molecule has 1 saturated carbocycles. The van der Waals surface area contributed by atoms with Crippen LogP contribution in [0.15, 0.2) is 65.6 Å². The van der Waals surface area contributed by atoms with Crippen LogP contribution in [0.2, 0.25) is 0 Å². The van der Waals surface area contributed by atoms with Crippen molar-refractivity contribution in [1.29, 1.82) is 0 Å². The van der Waals surface area contributed by atoms with Crippen LogP contribution in [0.4, 0.5) is 9.59 Å². The monoisotopic (exact) mass is 939 g/mol. The number of benzene rings is 3. The van der Waals surface area contributed by atoms with Crippen molar-refractivity contribution < 1.29 is 28.7 Å². The van der Waals surface area contributed by atoms with E-state index < -0.39 is 30.3 Å². The minimum absolute atomic E-state index is 0.125. The number of aromatic amines is 2. The van der Waals surface area contributed by atoms with Crippen molar-refractivity contribution in [3.8, 4) is 33.5 Å². The number of hydrogen-bond donors (Lipinski definition) is 4. The van der Waals surface area contributed by atoms with Crippen LogP contribution in [-0.4, -0.2) is 93.1 Å². The molecule has 4 amide bonds. The number of nitrogens with one attached hydrogen (secondary N) is 4. The van der Waals surface area contributed by atoms with Gasteiger partial charge >= 0.3 is 12.2 Å². The number of rotatable bonds is 11. The lowest BCUT2D eigenvalue weighted by Crippen LogP contribution is -2.51. The predicted octanol–water partition coefficient (Wildman–Crippen LogP) is 8.89. The smallest absolute Gasteiger partial charge is 0.407 e. The molecule has 15 heteroatoms. The first-order valence-electron chi connectivity index (χ1n) is 24.7. The molecule has 2 saturated heterocycles. The lowest BCUT2D eigenvalue weighted by atomic mass is 9.82. The van der Waals surface area contributed by atoms with Gasteiger partial charge in [0.15, 0.2) is 0 Å². The molecule has 5 aromatic rings. The second kappa shape index (κ2) is 19.1. The van der Waals surface area contributed by atoms with Crippen LogP contribution in [-0.2, 0) is 31.9 Å². The highest BCUT2D eigenvalue weighted by Gasteiger charge is 2.43. The minimum Gasteiger partial charge on any atom is -0.453 e. The van der Waals surface area contributed by atoms with Gasteiger partial charge in [0.2, 0.25) is 11.8 Å². The molecule has 364 valence electrons. The molecule has 4 aliphatic rings. The Balaban J connectivity index is 0.981. The van der Waals surface area contributed by atoms with Gasteiger partial charge in [0.25, 0.3) is 5.56 Å². The van der Waals surface area contributed by atoms with Gasteiger partial charge in [0, 0.05) is 13.1 Å². The van der Waals surface area contributed by atoms with E-state index in [4.69, 9.17) is 19.4 Å². The van der Waals surface area contributed by atoms with Crippen LogP contribution in [0.3, 0.4) is 0 Å². The SMILES string of the molecule is COC(=O)N[C@H](C(=O)N1C[C@@H](C)C[C@H]1c1ncc(-c2ccc(-c3ccc(-c4ccc5nc([C@@H]6C[C@H](C)CN6C(=O)[C@@H](NC(=O)OC)C(C)C)[nH]c(=O)c5c4)c4c3CC3(CCCC3)C4)cc2)[nH]1)C(C)C. The van der Waals surface area contributed by atoms with Crippen molar-refractivity contribution >= 4 is 34.9 Å². The first-order chi connectivity index (χ1) is 33.1. The third-order valence-corrected chi connectivity index (χ3v) is 15.3. The van der Waals surface area contributed by atoms with E-state index in [9.17, 15) is 24.0 Å². The Bertz CT molecular complexity index is 2830. The Labute approximate surface area is 403 Å². The van der Waals surface area contributed by atoms with E-state index in [1.165, 1.54) is 56.6 Å².